The van der Waals surface area contributed by atoms with E-state index in [2.05, 4.69) is 10.4 Å². The van der Waals surface area contributed by atoms with E-state index in [0.717, 1.165) is 17.1 Å². The van der Waals surface area contributed by atoms with Gasteiger partial charge in [-0.15, -0.1) is 0 Å². The smallest absolute Gasteiger partial charge is 0.325 e. The fraction of sp³-hybridized carbons (Fsp3) is 0.556. The van der Waals surface area contributed by atoms with Gasteiger partial charge in [0.1, 0.15) is 6.04 Å². The van der Waals surface area contributed by atoms with E-state index in [4.69, 9.17) is 5.11 Å². The summed E-state index contributed by atoms with van der Waals surface area (Å²) in [4.78, 5) is 10.6. The summed E-state index contributed by atoms with van der Waals surface area (Å²) in [6.45, 7) is 5.36. The fourth-order valence-electron chi connectivity index (χ4n) is 1.26. The van der Waals surface area contributed by atoms with Crippen molar-refractivity contribution >= 4 is 11.7 Å². The predicted octanol–water partition coefficient (Wildman–Crippen LogP) is 0.922. The quantitative estimate of drug-likeness (QED) is 0.756. The van der Waals surface area contributed by atoms with Gasteiger partial charge in [0.05, 0.1) is 17.1 Å². The van der Waals surface area contributed by atoms with Gasteiger partial charge >= 0.3 is 5.97 Å². The van der Waals surface area contributed by atoms with E-state index < -0.39 is 12.0 Å². The van der Waals surface area contributed by atoms with Crippen molar-refractivity contribution in [3.05, 3.63) is 11.4 Å². The Balaban J connectivity index is 2.91. The van der Waals surface area contributed by atoms with E-state index in [1.165, 1.54) is 0 Å². The van der Waals surface area contributed by atoms with Crippen LogP contribution >= 0.6 is 0 Å². The SMILES string of the molecule is Cc1nn(C)c(C)c1NC(C)C(=O)O. The highest BCUT2D eigenvalue weighted by Crippen LogP contribution is 2.19. The standard InChI is InChI=1S/C9H15N3O2/c1-5-8(7(3)12(4)11-5)10-6(2)9(13)14/h6,10H,1-4H3,(H,13,14). The molecule has 5 nitrogen and oxygen atoms in total. The number of nitrogens with zero attached hydrogens (tertiary/aromatic N) is 2. The molecule has 1 aromatic rings. The molecule has 0 saturated heterocycles. The van der Waals surface area contributed by atoms with Gasteiger partial charge in [-0.25, -0.2) is 0 Å². The zero-order chi connectivity index (χ0) is 10.9. The molecule has 0 saturated carbocycles. The highest BCUT2D eigenvalue weighted by Gasteiger charge is 2.15. The molecule has 0 fully saturated rings. The topological polar surface area (TPSA) is 67.2 Å². The van der Waals surface area contributed by atoms with Crippen molar-refractivity contribution in [2.45, 2.75) is 26.8 Å². The molecule has 2 N–H and O–H groups in total. The van der Waals surface area contributed by atoms with Crippen LogP contribution in [-0.4, -0.2) is 26.9 Å². The van der Waals surface area contributed by atoms with Crippen molar-refractivity contribution in [1.29, 1.82) is 0 Å². The van der Waals surface area contributed by atoms with Crippen LogP contribution in [0.1, 0.15) is 18.3 Å². The normalized spacial score (nSPS) is 12.6. The Labute approximate surface area is 82.7 Å². The number of hydrogen-bond donors (Lipinski definition) is 2. The minimum absolute atomic E-state index is 0.600. The number of nitrogens with one attached hydrogen (secondary N) is 1. The highest BCUT2D eigenvalue weighted by atomic mass is 16.4. The molecule has 0 bridgehead atoms. The van der Waals surface area contributed by atoms with Crippen LogP contribution < -0.4 is 5.32 Å². The van der Waals surface area contributed by atoms with Gasteiger partial charge in [-0.05, 0) is 20.8 Å². The third kappa shape index (κ3) is 1.86. The molecule has 0 aliphatic heterocycles. The Bertz CT molecular complexity index is 357. The third-order valence-electron chi connectivity index (χ3n) is 2.24. The van der Waals surface area contributed by atoms with E-state index in [-0.39, 0.29) is 0 Å². The van der Waals surface area contributed by atoms with Gasteiger partial charge in [-0.2, -0.15) is 5.10 Å². The molecule has 1 aromatic heterocycles. The van der Waals surface area contributed by atoms with E-state index in [1.807, 2.05) is 20.9 Å². The molecule has 78 valence electrons. The first kappa shape index (κ1) is 10.6. The maximum absolute atomic E-state index is 10.6. The van der Waals surface area contributed by atoms with Crippen molar-refractivity contribution in [2.75, 3.05) is 5.32 Å². The van der Waals surface area contributed by atoms with Crippen LogP contribution in [0.3, 0.4) is 0 Å². The number of carboxylic acids is 1. The molecule has 5 heteroatoms. The average Bonchev–Trinajstić information content (AvgIpc) is 2.32. The van der Waals surface area contributed by atoms with Gasteiger partial charge < -0.3 is 10.4 Å². The number of aliphatic carboxylic acids is 1. The molecule has 1 heterocycles. The summed E-state index contributed by atoms with van der Waals surface area (Å²) in [5.41, 5.74) is 2.57. The molecule has 0 aliphatic carbocycles. The van der Waals surface area contributed by atoms with Crippen LogP contribution in [0.15, 0.2) is 0 Å². The number of anilines is 1. The minimum atomic E-state index is -0.868. The third-order valence-corrected chi connectivity index (χ3v) is 2.24. The van der Waals surface area contributed by atoms with Crippen LogP contribution in [0, 0.1) is 13.8 Å². The number of aryl methyl sites for hydroxylation is 2. The predicted molar refractivity (Wildman–Crippen MR) is 53.4 cm³/mol. The zero-order valence-electron chi connectivity index (χ0n) is 8.83. The second kappa shape index (κ2) is 3.69. The lowest BCUT2D eigenvalue weighted by atomic mass is 10.2. The lowest BCUT2D eigenvalue weighted by molar-refractivity contribution is -0.137. The van der Waals surface area contributed by atoms with Crippen molar-refractivity contribution < 1.29 is 9.90 Å². The molecule has 0 amide bonds. The number of aromatic nitrogens is 2. The summed E-state index contributed by atoms with van der Waals surface area (Å²) < 4.78 is 1.73. The van der Waals surface area contributed by atoms with E-state index in [0.29, 0.717) is 0 Å². The summed E-state index contributed by atoms with van der Waals surface area (Å²) >= 11 is 0. The van der Waals surface area contributed by atoms with E-state index in [9.17, 15) is 4.79 Å². The van der Waals surface area contributed by atoms with Crippen LogP contribution in [0.5, 0.6) is 0 Å². The van der Waals surface area contributed by atoms with Gasteiger partial charge in [0, 0.05) is 7.05 Å². The molecule has 0 aliphatic rings. The van der Waals surface area contributed by atoms with Gasteiger partial charge in [0.25, 0.3) is 0 Å². The van der Waals surface area contributed by atoms with Crippen molar-refractivity contribution in [3.8, 4) is 0 Å². The first-order valence-electron chi connectivity index (χ1n) is 4.43. The Morgan fingerprint density at radius 3 is 2.50 bits per heavy atom. The highest BCUT2D eigenvalue weighted by molar-refractivity contribution is 5.77. The molecule has 14 heavy (non-hydrogen) atoms. The van der Waals surface area contributed by atoms with Crippen LogP contribution in [0.25, 0.3) is 0 Å². The maximum atomic E-state index is 10.6. The van der Waals surface area contributed by atoms with Gasteiger partial charge in [-0.1, -0.05) is 0 Å². The largest absolute Gasteiger partial charge is 0.480 e. The van der Waals surface area contributed by atoms with Crippen molar-refractivity contribution in [2.24, 2.45) is 7.05 Å². The van der Waals surface area contributed by atoms with Crippen LogP contribution in [0.2, 0.25) is 0 Å². The molecular formula is C9H15N3O2. The minimum Gasteiger partial charge on any atom is -0.480 e. The first-order valence-corrected chi connectivity index (χ1v) is 4.43. The summed E-state index contributed by atoms with van der Waals surface area (Å²) in [5, 5.41) is 15.8. The molecule has 1 atom stereocenters. The first-order chi connectivity index (χ1) is 6.43. The second-order valence-electron chi connectivity index (χ2n) is 3.37. The molecule has 0 radical (unpaired) electrons. The van der Waals surface area contributed by atoms with Crippen molar-refractivity contribution in [1.82, 2.24) is 9.78 Å². The summed E-state index contributed by atoms with van der Waals surface area (Å²) in [6.07, 6.45) is 0. The summed E-state index contributed by atoms with van der Waals surface area (Å²) in [6, 6.07) is -0.600. The molecule has 0 aromatic carbocycles. The van der Waals surface area contributed by atoms with E-state index in [1.54, 1.807) is 11.6 Å². The monoisotopic (exact) mass is 197 g/mol. The van der Waals surface area contributed by atoms with Gasteiger partial charge in [-0.3, -0.25) is 9.48 Å². The second-order valence-corrected chi connectivity index (χ2v) is 3.37. The Morgan fingerprint density at radius 1 is 1.57 bits per heavy atom. The van der Waals surface area contributed by atoms with Gasteiger partial charge in [0.2, 0.25) is 0 Å². The molecule has 1 unspecified atom stereocenters. The Kier molecular flexibility index (Phi) is 2.78. The molecular weight excluding hydrogens is 182 g/mol. The van der Waals surface area contributed by atoms with Gasteiger partial charge in [0.15, 0.2) is 0 Å². The average molecular weight is 197 g/mol. The number of carbonyl (C=O) groups is 1. The zero-order valence-corrected chi connectivity index (χ0v) is 8.83. The Morgan fingerprint density at radius 2 is 2.14 bits per heavy atom. The Hall–Kier alpha value is -1.52. The summed E-state index contributed by atoms with van der Waals surface area (Å²) in [5.74, 6) is -0.868. The lowest BCUT2D eigenvalue weighted by Gasteiger charge is -2.10. The molecule has 1 rings (SSSR count). The maximum Gasteiger partial charge on any atom is 0.325 e. The summed E-state index contributed by atoms with van der Waals surface area (Å²) in [7, 11) is 1.83. The number of carboxylic acid groups (broad SMARTS) is 1. The van der Waals surface area contributed by atoms with Crippen LogP contribution in [0.4, 0.5) is 5.69 Å². The van der Waals surface area contributed by atoms with E-state index >= 15 is 0 Å². The number of rotatable bonds is 3. The lowest BCUT2D eigenvalue weighted by Crippen LogP contribution is -2.25. The fourth-order valence-corrected chi connectivity index (χ4v) is 1.26. The van der Waals surface area contributed by atoms with Crippen molar-refractivity contribution in [3.63, 3.8) is 0 Å². The number of hydrogen-bond acceptors (Lipinski definition) is 3. The molecule has 0 spiro atoms. The van der Waals surface area contributed by atoms with Crippen LogP contribution in [-0.2, 0) is 11.8 Å².